The number of nitrogens with zero attached hydrogens (tertiary/aromatic N) is 4. The standard InChI is InChI=1S/C19H19N5O3/c20-12-14-1-3-15(4-2-14)13-22-7-9-23(10-8-22)17-6-5-16(19(21)25)11-18(17)24(26)27/h1-6,11H,7-10,13H2,(H2,21,25). The number of rotatable bonds is 5. The van der Waals surface area contributed by atoms with Crippen molar-refractivity contribution in [2.45, 2.75) is 6.54 Å². The van der Waals surface area contributed by atoms with Crippen LogP contribution in [0.1, 0.15) is 21.5 Å². The number of amides is 1. The molecule has 1 heterocycles. The molecule has 138 valence electrons. The lowest BCUT2D eigenvalue weighted by Crippen LogP contribution is -2.46. The Balaban J connectivity index is 1.67. The fraction of sp³-hybridized carbons (Fsp3) is 0.263. The molecule has 0 saturated carbocycles. The van der Waals surface area contributed by atoms with E-state index in [1.54, 1.807) is 18.2 Å². The third-order valence-corrected chi connectivity index (χ3v) is 4.66. The highest BCUT2D eigenvalue weighted by Crippen LogP contribution is 2.30. The average Bonchev–Trinajstić information content (AvgIpc) is 2.68. The molecule has 0 atom stereocenters. The molecule has 1 aliphatic heterocycles. The minimum atomic E-state index is -0.683. The number of benzene rings is 2. The van der Waals surface area contributed by atoms with Crippen LogP contribution in [0.3, 0.4) is 0 Å². The van der Waals surface area contributed by atoms with Crippen molar-refractivity contribution in [1.29, 1.82) is 5.26 Å². The summed E-state index contributed by atoms with van der Waals surface area (Å²) < 4.78 is 0. The molecule has 1 amide bonds. The molecule has 0 aliphatic carbocycles. The average molecular weight is 365 g/mol. The smallest absolute Gasteiger partial charge is 0.293 e. The molecule has 0 radical (unpaired) electrons. The van der Waals surface area contributed by atoms with Crippen molar-refractivity contribution >= 4 is 17.3 Å². The summed E-state index contributed by atoms with van der Waals surface area (Å²) in [6.07, 6.45) is 0. The molecule has 27 heavy (non-hydrogen) atoms. The summed E-state index contributed by atoms with van der Waals surface area (Å²) in [7, 11) is 0. The molecule has 3 rings (SSSR count). The number of piperazine rings is 1. The zero-order valence-corrected chi connectivity index (χ0v) is 14.7. The van der Waals surface area contributed by atoms with Crippen LogP contribution in [0.2, 0.25) is 0 Å². The molecule has 2 N–H and O–H groups in total. The molecule has 0 unspecified atom stereocenters. The Bertz CT molecular complexity index is 897. The van der Waals surface area contributed by atoms with E-state index in [2.05, 4.69) is 11.0 Å². The van der Waals surface area contributed by atoms with Crippen LogP contribution in [-0.4, -0.2) is 41.9 Å². The Morgan fingerprint density at radius 1 is 1.15 bits per heavy atom. The first-order chi connectivity index (χ1) is 13.0. The first-order valence-corrected chi connectivity index (χ1v) is 8.52. The van der Waals surface area contributed by atoms with Crippen LogP contribution in [0.5, 0.6) is 0 Å². The number of nitrogens with two attached hydrogens (primary N) is 1. The Morgan fingerprint density at radius 3 is 2.37 bits per heavy atom. The zero-order valence-electron chi connectivity index (χ0n) is 14.7. The molecular weight excluding hydrogens is 346 g/mol. The normalized spacial score (nSPS) is 14.6. The van der Waals surface area contributed by atoms with Crippen LogP contribution < -0.4 is 10.6 Å². The molecule has 1 saturated heterocycles. The lowest BCUT2D eigenvalue weighted by atomic mass is 10.1. The van der Waals surface area contributed by atoms with E-state index in [9.17, 15) is 14.9 Å². The third kappa shape index (κ3) is 4.22. The van der Waals surface area contributed by atoms with Crippen LogP contribution in [0.25, 0.3) is 0 Å². The number of carbonyl (C=O) groups excluding carboxylic acids is 1. The summed E-state index contributed by atoms with van der Waals surface area (Å²) in [5, 5.41) is 20.2. The fourth-order valence-corrected chi connectivity index (χ4v) is 3.18. The maximum atomic E-state index is 11.4. The summed E-state index contributed by atoms with van der Waals surface area (Å²) in [6, 6.07) is 13.9. The van der Waals surface area contributed by atoms with Crippen LogP contribution >= 0.6 is 0 Å². The topological polar surface area (TPSA) is 117 Å². The van der Waals surface area contributed by atoms with E-state index >= 15 is 0 Å². The number of carbonyl (C=O) groups is 1. The number of nitro benzene ring substituents is 1. The Hall–Kier alpha value is -3.44. The maximum absolute atomic E-state index is 11.4. The number of hydrogen-bond donors (Lipinski definition) is 1. The minimum Gasteiger partial charge on any atom is -0.366 e. The van der Waals surface area contributed by atoms with Crippen molar-refractivity contribution in [1.82, 2.24) is 4.90 Å². The summed E-state index contributed by atoms with van der Waals surface area (Å²) in [5.74, 6) is -0.683. The summed E-state index contributed by atoms with van der Waals surface area (Å²) in [4.78, 5) is 26.4. The number of anilines is 1. The van der Waals surface area contributed by atoms with Gasteiger partial charge in [-0.05, 0) is 29.8 Å². The van der Waals surface area contributed by atoms with E-state index < -0.39 is 10.8 Å². The van der Waals surface area contributed by atoms with E-state index in [0.29, 0.717) is 24.3 Å². The highest BCUT2D eigenvalue weighted by molar-refractivity contribution is 5.94. The van der Waals surface area contributed by atoms with Crippen LogP contribution in [0.4, 0.5) is 11.4 Å². The number of nitriles is 1. The van der Waals surface area contributed by atoms with Crippen LogP contribution in [0.15, 0.2) is 42.5 Å². The van der Waals surface area contributed by atoms with Gasteiger partial charge >= 0.3 is 0 Å². The molecule has 0 bridgehead atoms. The largest absolute Gasteiger partial charge is 0.366 e. The molecule has 8 nitrogen and oxygen atoms in total. The van der Waals surface area contributed by atoms with Gasteiger partial charge in [-0.2, -0.15) is 5.26 Å². The summed E-state index contributed by atoms with van der Waals surface area (Å²) in [6.45, 7) is 3.58. The van der Waals surface area contributed by atoms with E-state index in [4.69, 9.17) is 11.0 Å². The highest BCUT2D eigenvalue weighted by Gasteiger charge is 2.24. The minimum absolute atomic E-state index is 0.105. The second-order valence-corrected chi connectivity index (χ2v) is 6.40. The van der Waals surface area contributed by atoms with Gasteiger partial charge in [0.2, 0.25) is 5.91 Å². The first kappa shape index (κ1) is 18.4. The van der Waals surface area contributed by atoms with E-state index in [1.165, 1.54) is 12.1 Å². The van der Waals surface area contributed by atoms with Crippen molar-refractivity contribution in [3.63, 3.8) is 0 Å². The lowest BCUT2D eigenvalue weighted by Gasteiger charge is -2.35. The van der Waals surface area contributed by atoms with Gasteiger partial charge in [0, 0.05) is 44.4 Å². The Labute approximate surface area is 156 Å². The number of nitro groups is 1. The van der Waals surface area contributed by atoms with Gasteiger partial charge in [-0.15, -0.1) is 0 Å². The summed E-state index contributed by atoms with van der Waals surface area (Å²) in [5.41, 5.74) is 7.51. The SMILES string of the molecule is N#Cc1ccc(CN2CCN(c3ccc(C(N)=O)cc3[N+](=O)[O-])CC2)cc1. The van der Waals surface area contributed by atoms with Gasteiger partial charge in [-0.25, -0.2) is 0 Å². The van der Waals surface area contributed by atoms with Gasteiger partial charge in [0.15, 0.2) is 0 Å². The van der Waals surface area contributed by atoms with E-state index in [1.807, 2.05) is 17.0 Å². The van der Waals surface area contributed by atoms with Crippen molar-refractivity contribution in [2.75, 3.05) is 31.1 Å². The van der Waals surface area contributed by atoms with Crippen molar-refractivity contribution in [2.24, 2.45) is 5.73 Å². The van der Waals surface area contributed by atoms with Gasteiger partial charge in [0.05, 0.1) is 16.6 Å². The zero-order chi connectivity index (χ0) is 19.4. The van der Waals surface area contributed by atoms with Gasteiger partial charge in [0.1, 0.15) is 5.69 Å². The molecule has 1 fully saturated rings. The van der Waals surface area contributed by atoms with Crippen LogP contribution in [-0.2, 0) is 6.54 Å². The molecule has 2 aromatic rings. The predicted molar refractivity (Wildman–Crippen MR) is 100 cm³/mol. The van der Waals surface area contributed by atoms with Gasteiger partial charge in [-0.1, -0.05) is 12.1 Å². The second-order valence-electron chi connectivity index (χ2n) is 6.40. The third-order valence-electron chi connectivity index (χ3n) is 4.66. The fourth-order valence-electron chi connectivity index (χ4n) is 3.18. The molecule has 2 aromatic carbocycles. The quantitative estimate of drug-likeness (QED) is 0.639. The van der Waals surface area contributed by atoms with Crippen molar-refractivity contribution in [3.8, 4) is 6.07 Å². The Morgan fingerprint density at radius 2 is 1.81 bits per heavy atom. The number of hydrogen-bond acceptors (Lipinski definition) is 6. The van der Waals surface area contributed by atoms with Gasteiger partial charge in [0.25, 0.3) is 5.69 Å². The molecule has 8 heteroatoms. The Kier molecular flexibility index (Phi) is 5.33. The molecule has 1 aliphatic rings. The van der Waals surface area contributed by atoms with Crippen molar-refractivity contribution < 1.29 is 9.72 Å². The predicted octanol–water partition coefficient (Wildman–Crippen LogP) is 1.89. The van der Waals surface area contributed by atoms with Crippen LogP contribution in [0, 0.1) is 21.4 Å². The van der Waals surface area contributed by atoms with E-state index in [0.717, 1.165) is 25.2 Å². The van der Waals surface area contributed by atoms with Crippen molar-refractivity contribution in [3.05, 3.63) is 69.3 Å². The van der Waals surface area contributed by atoms with Gasteiger partial charge in [-0.3, -0.25) is 19.8 Å². The highest BCUT2D eigenvalue weighted by atomic mass is 16.6. The van der Waals surface area contributed by atoms with E-state index in [-0.39, 0.29) is 11.3 Å². The monoisotopic (exact) mass is 365 g/mol. The first-order valence-electron chi connectivity index (χ1n) is 8.52. The van der Waals surface area contributed by atoms with Gasteiger partial charge < -0.3 is 10.6 Å². The second kappa shape index (κ2) is 7.85. The molecule has 0 spiro atoms. The summed E-state index contributed by atoms with van der Waals surface area (Å²) >= 11 is 0. The lowest BCUT2D eigenvalue weighted by molar-refractivity contribution is -0.384. The molecular formula is C19H19N5O3. The number of primary amides is 1. The molecule has 0 aromatic heterocycles. The maximum Gasteiger partial charge on any atom is 0.293 e.